The Labute approximate surface area is 160 Å². The molecule has 0 fully saturated rings. The Morgan fingerprint density at radius 2 is 1.93 bits per heavy atom. The van der Waals surface area contributed by atoms with Crippen LogP contribution in [0.2, 0.25) is 5.02 Å². The maximum Gasteiger partial charge on any atom is 0.387 e. The molecule has 0 aliphatic heterocycles. The van der Waals surface area contributed by atoms with E-state index < -0.39 is 12.5 Å². The standard InChI is InChI=1S/C19H18ClF2NO4/c1-3-4-12-5-7-16(17(9-12)25-2)26-11-18(24)23-13-6-8-15(14(20)10-13)27-19(21)22/h3-10,19H,11H2,1-2H3,(H,23,24)/b4-3+. The molecule has 2 aromatic carbocycles. The Kier molecular flexibility index (Phi) is 7.43. The summed E-state index contributed by atoms with van der Waals surface area (Å²) in [5.41, 5.74) is 1.26. The third-order valence-electron chi connectivity index (χ3n) is 3.34. The number of benzene rings is 2. The van der Waals surface area contributed by atoms with Gasteiger partial charge in [-0.1, -0.05) is 29.8 Å². The van der Waals surface area contributed by atoms with Crippen LogP contribution in [0, 0.1) is 0 Å². The lowest BCUT2D eigenvalue weighted by Crippen LogP contribution is -2.20. The predicted molar refractivity (Wildman–Crippen MR) is 99.9 cm³/mol. The fourth-order valence-corrected chi connectivity index (χ4v) is 2.44. The first kappa shape index (κ1) is 20.5. The predicted octanol–water partition coefficient (Wildman–Crippen LogP) is 5.00. The summed E-state index contributed by atoms with van der Waals surface area (Å²) >= 11 is 5.85. The van der Waals surface area contributed by atoms with Crippen LogP contribution in [0.1, 0.15) is 12.5 Å². The molecular formula is C19H18ClF2NO4. The largest absolute Gasteiger partial charge is 0.493 e. The molecule has 0 bridgehead atoms. The van der Waals surface area contributed by atoms with Crippen molar-refractivity contribution < 1.29 is 27.8 Å². The molecule has 0 aromatic heterocycles. The highest BCUT2D eigenvalue weighted by atomic mass is 35.5. The quantitative estimate of drug-likeness (QED) is 0.681. The molecule has 8 heteroatoms. The number of carbonyl (C=O) groups is 1. The van der Waals surface area contributed by atoms with E-state index >= 15 is 0 Å². The summed E-state index contributed by atoms with van der Waals surface area (Å²) in [5, 5.41) is 2.51. The van der Waals surface area contributed by atoms with Gasteiger partial charge < -0.3 is 19.5 Å². The molecule has 2 aromatic rings. The van der Waals surface area contributed by atoms with Gasteiger partial charge in [-0.15, -0.1) is 0 Å². The topological polar surface area (TPSA) is 56.8 Å². The highest BCUT2D eigenvalue weighted by Gasteiger charge is 2.12. The van der Waals surface area contributed by atoms with Gasteiger partial charge >= 0.3 is 6.61 Å². The number of hydrogen-bond donors (Lipinski definition) is 1. The molecule has 0 aliphatic rings. The van der Waals surface area contributed by atoms with E-state index in [1.165, 1.54) is 25.3 Å². The van der Waals surface area contributed by atoms with E-state index in [2.05, 4.69) is 10.1 Å². The second kappa shape index (κ2) is 9.78. The van der Waals surface area contributed by atoms with E-state index in [9.17, 15) is 13.6 Å². The van der Waals surface area contributed by atoms with Gasteiger partial charge in [0, 0.05) is 5.69 Å². The van der Waals surface area contributed by atoms with E-state index in [1.807, 2.05) is 25.1 Å². The number of alkyl halides is 2. The van der Waals surface area contributed by atoms with Gasteiger partial charge in [-0.2, -0.15) is 8.78 Å². The average Bonchev–Trinajstić information content (AvgIpc) is 2.62. The van der Waals surface area contributed by atoms with E-state index in [-0.39, 0.29) is 17.4 Å². The summed E-state index contributed by atoms with van der Waals surface area (Å²) in [4.78, 5) is 12.0. The molecule has 0 atom stereocenters. The normalized spacial score (nSPS) is 10.9. The fraction of sp³-hybridized carbons (Fsp3) is 0.211. The first-order valence-electron chi connectivity index (χ1n) is 7.90. The molecule has 0 spiro atoms. The number of halogens is 3. The van der Waals surface area contributed by atoms with Gasteiger partial charge in [0.05, 0.1) is 12.1 Å². The van der Waals surface area contributed by atoms with Crippen LogP contribution in [0.5, 0.6) is 17.2 Å². The van der Waals surface area contributed by atoms with Gasteiger partial charge in [0.25, 0.3) is 5.91 Å². The highest BCUT2D eigenvalue weighted by molar-refractivity contribution is 6.32. The Morgan fingerprint density at radius 1 is 1.19 bits per heavy atom. The Bertz CT molecular complexity index is 827. The van der Waals surface area contributed by atoms with E-state index in [0.717, 1.165) is 5.56 Å². The molecular weight excluding hydrogens is 380 g/mol. The summed E-state index contributed by atoms with van der Waals surface area (Å²) in [5.74, 6) is 0.287. The molecule has 0 aliphatic carbocycles. The molecule has 1 amide bonds. The van der Waals surface area contributed by atoms with Gasteiger partial charge in [0.1, 0.15) is 5.75 Å². The van der Waals surface area contributed by atoms with E-state index in [0.29, 0.717) is 17.2 Å². The number of carbonyl (C=O) groups excluding carboxylic acids is 1. The lowest BCUT2D eigenvalue weighted by atomic mass is 10.2. The number of rotatable bonds is 8. The van der Waals surface area contributed by atoms with Gasteiger partial charge in [-0.05, 0) is 42.8 Å². The molecule has 0 radical (unpaired) electrons. The van der Waals surface area contributed by atoms with Crippen molar-refractivity contribution in [3.05, 3.63) is 53.1 Å². The summed E-state index contributed by atoms with van der Waals surface area (Å²) in [6.07, 6.45) is 3.80. The molecule has 0 heterocycles. The number of nitrogens with one attached hydrogen (secondary N) is 1. The van der Waals surface area contributed by atoms with E-state index in [1.54, 1.807) is 12.1 Å². The number of ether oxygens (including phenoxy) is 3. The lowest BCUT2D eigenvalue weighted by molar-refractivity contribution is -0.118. The van der Waals surface area contributed by atoms with Crippen LogP contribution in [0.4, 0.5) is 14.5 Å². The molecule has 2 rings (SSSR count). The van der Waals surface area contributed by atoms with Gasteiger partial charge in [0.2, 0.25) is 0 Å². The zero-order valence-electron chi connectivity index (χ0n) is 14.7. The van der Waals surface area contributed by atoms with Gasteiger partial charge in [-0.3, -0.25) is 4.79 Å². The third-order valence-corrected chi connectivity index (χ3v) is 3.63. The zero-order chi connectivity index (χ0) is 19.8. The SMILES string of the molecule is C/C=C/c1ccc(OCC(=O)Nc2ccc(OC(F)F)c(Cl)c2)c(OC)c1. The molecule has 0 unspecified atom stereocenters. The molecule has 0 saturated heterocycles. The summed E-state index contributed by atoms with van der Waals surface area (Å²) < 4.78 is 39.4. The smallest absolute Gasteiger partial charge is 0.387 e. The summed E-state index contributed by atoms with van der Waals surface area (Å²) in [6, 6.07) is 9.27. The molecule has 0 saturated carbocycles. The minimum absolute atomic E-state index is 0.0461. The minimum atomic E-state index is -2.98. The zero-order valence-corrected chi connectivity index (χ0v) is 15.4. The number of anilines is 1. The number of allylic oxidation sites excluding steroid dienone is 1. The maximum atomic E-state index is 12.2. The minimum Gasteiger partial charge on any atom is -0.493 e. The highest BCUT2D eigenvalue weighted by Crippen LogP contribution is 2.30. The van der Waals surface area contributed by atoms with Crippen molar-refractivity contribution in [1.29, 1.82) is 0 Å². The van der Waals surface area contributed by atoms with Crippen LogP contribution in [-0.4, -0.2) is 26.2 Å². The fourth-order valence-electron chi connectivity index (χ4n) is 2.21. The van der Waals surface area contributed by atoms with Crippen molar-refractivity contribution >= 4 is 29.3 Å². The van der Waals surface area contributed by atoms with Crippen molar-refractivity contribution in [3.63, 3.8) is 0 Å². The van der Waals surface area contributed by atoms with Gasteiger partial charge in [0.15, 0.2) is 18.1 Å². The van der Waals surface area contributed by atoms with Crippen LogP contribution in [-0.2, 0) is 4.79 Å². The van der Waals surface area contributed by atoms with Gasteiger partial charge in [-0.25, -0.2) is 0 Å². The second-order valence-corrected chi connectivity index (χ2v) is 5.68. The monoisotopic (exact) mass is 397 g/mol. The molecule has 1 N–H and O–H groups in total. The average molecular weight is 398 g/mol. The van der Waals surface area contributed by atoms with Crippen molar-refractivity contribution in [2.24, 2.45) is 0 Å². The van der Waals surface area contributed by atoms with Crippen LogP contribution >= 0.6 is 11.6 Å². The van der Waals surface area contributed by atoms with Crippen molar-refractivity contribution in [3.8, 4) is 17.2 Å². The Balaban J connectivity index is 1.97. The lowest BCUT2D eigenvalue weighted by Gasteiger charge is -2.12. The maximum absolute atomic E-state index is 12.2. The van der Waals surface area contributed by atoms with Crippen LogP contribution in [0.25, 0.3) is 6.08 Å². The van der Waals surface area contributed by atoms with Crippen molar-refractivity contribution in [2.45, 2.75) is 13.5 Å². The summed E-state index contributed by atoms with van der Waals surface area (Å²) in [7, 11) is 1.51. The third kappa shape index (κ3) is 6.14. The first-order valence-corrected chi connectivity index (χ1v) is 8.28. The van der Waals surface area contributed by atoms with E-state index in [4.69, 9.17) is 21.1 Å². The molecule has 144 valence electrons. The Morgan fingerprint density at radius 3 is 2.56 bits per heavy atom. The molecule has 27 heavy (non-hydrogen) atoms. The first-order chi connectivity index (χ1) is 12.9. The van der Waals surface area contributed by atoms with Crippen molar-refractivity contribution in [2.75, 3.05) is 19.0 Å². The second-order valence-electron chi connectivity index (χ2n) is 5.27. The number of amides is 1. The van der Waals surface area contributed by atoms with Crippen molar-refractivity contribution in [1.82, 2.24) is 0 Å². The van der Waals surface area contributed by atoms with Crippen LogP contribution in [0.3, 0.4) is 0 Å². The van der Waals surface area contributed by atoms with Crippen LogP contribution in [0.15, 0.2) is 42.5 Å². The van der Waals surface area contributed by atoms with Crippen LogP contribution < -0.4 is 19.5 Å². The number of methoxy groups -OCH3 is 1. The molecule has 5 nitrogen and oxygen atoms in total. The Hall–Kier alpha value is -2.80. The summed E-state index contributed by atoms with van der Waals surface area (Å²) in [6.45, 7) is -1.35. The number of hydrogen-bond acceptors (Lipinski definition) is 4.